The average Bonchev–Trinajstić information content (AvgIpc) is 3.49. The Morgan fingerprint density at radius 1 is 1.13 bits per heavy atom. The summed E-state index contributed by atoms with van der Waals surface area (Å²) in [7, 11) is 0. The average molecular weight is 429 g/mol. The zero-order chi connectivity index (χ0) is 21.1. The van der Waals surface area contributed by atoms with E-state index in [4.69, 9.17) is 0 Å². The van der Waals surface area contributed by atoms with E-state index in [9.17, 15) is 19.5 Å². The summed E-state index contributed by atoms with van der Waals surface area (Å²) in [5, 5.41) is 15.4. The Labute approximate surface area is 178 Å². The third kappa shape index (κ3) is 4.46. The Bertz CT molecular complexity index is 954. The molecule has 1 saturated carbocycles. The number of anilines is 1. The Morgan fingerprint density at radius 2 is 1.93 bits per heavy atom. The van der Waals surface area contributed by atoms with Gasteiger partial charge in [0.1, 0.15) is 6.04 Å². The number of rotatable bonds is 5. The minimum atomic E-state index is -1.08. The molecule has 1 aliphatic heterocycles. The lowest BCUT2D eigenvalue weighted by atomic mass is 10.1. The van der Waals surface area contributed by atoms with Gasteiger partial charge in [-0.1, -0.05) is 36.3 Å². The number of amides is 3. The number of carbonyl (C=O) groups is 3. The fraction of sp³-hybridized carbons (Fsp3) is 0.429. The second-order valence-electron chi connectivity index (χ2n) is 7.69. The van der Waals surface area contributed by atoms with Crippen molar-refractivity contribution in [2.24, 2.45) is 0 Å². The number of aromatic nitrogens is 1. The summed E-state index contributed by atoms with van der Waals surface area (Å²) in [6.07, 6.45) is 6.12. The van der Waals surface area contributed by atoms with Crippen LogP contribution in [0.5, 0.6) is 0 Å². The number of nitrogens with zero attached hydrogens (tertiary/aromatic N) is 2. The lowest BCUT2D eigenvalue weighted by Crippen LogP contribution is -2.42. The molecule has 2 aliphatic rings. The van der Waals surface area contributed by atoms with E-state index < -0.39 is 12.1 Å². The van der Waals surface area contributed by atoms with Gasteiger partial charge in [-0.15, -0.1) is 0 Å². The van der Waals surface area contributed by atoms with Gasteiger partial charge < -0.3 is 15.7 Å². The van der Waals surface area contributed by atoms with Gasteiger partial charge in [-0.25, -0.2) is 9.78 Å². The van der Waals surface area contributed by atoms with Crippen LogP contribution in [-0.4, -0.2) is 51.5 Å². The third-order valence-electron chi connectivity index (χ3n) is 5.64. The van der Waals surface area contributed by atoms with Crippen LogP contribution in [-0.2, 0) is 4.79 Å². The number of likely N-dealkylation sites (tertiary alicyclic amines) is 1. The number of carbonyl (C=O) groups excluding carboxylic acids is 2. The largest absolute Gasteiger partial charge is 0.465 e. The SMILES string of the molecule is O=C(NC1CCCC1)c1cccc(-c2cnc(NC(=O)C3CCCN3C(=O)O)s2)c1. The maximum Gasteiger partial charge on any atom is 0.407 e. The molecule has 2 fully saturated rings. The molecule has 4 rings (SSSR count). The van der Waals surface area contributed by atoms with Gasteiger partial charge in [-0.2, -0.15) is 0 Å². The van der Waals surface area contributed by atoms with Gasteiger partial charge in [0, 0.05) is 24.3 Å². The van der Waals surface area contributed by atoms with Crippen molar-refractivity contribution in [3.8, 4) is 10.4 Å². The van der Waals surface area contributed by atoms with Gasteiger partial charge in [-0.3, -0.25) is 14.5 Å². The molecule has 30 heavy (non-hydrogen) atoms. The predicted molar refractivity (Wildman–Crippen MR) is 114 cm³/mol. The molecular formula is C21H24N4O4S. The number of hydrogen-bond donors (Lipinski definition) is 3. The van der Waals surface area contributed by atoms with Crippen LogP contribution < -0.4 is 10.6 Å². The monoisotopic (exact) mass is 428 g/mol. The summed E-state index contributed by atoms with van der Waals surface area (Å²) in [6, 6.07) is 6.92. The van der Waals surface area contributed by atoms with E-state index in [0.717, 1.165) is 41.0 Å². The van der Waals surface area contributed by atoms with Crippen LogP contribution in [0.3, 0.4) is 0 Å². The van der Waals surface area contributed by atoms with Crippen LogP contribution in [0, 0.1) is 0 Å². The van der Waals surface area contributed by atoms with Crippen molar-refractivity contribution in [2.45, 2.75) is 50.6 Å². The molecular weight excluding hydrogens is 404 g/mol. The molecule has 0 bridgehead atoms. The molecule has 1 aromatic carbocycles. The first kappa shape index (κ1) is 20.3. The molecule has 2 aromatic rings. The second-order valence-corrected chi connectivity index (χ2v) is 8.72. The highest BCUT2D eigenvalue weighted by Gasteiger charge is 2.34. The fourth-order valence-electron chi connectivity index (χ4n) is 4.07. The van der Waals surface area contributed by atoms with Crippen LogP contribution in [0.15, 0.2) is 30.5 Å². The molecule has 2 heterocycles. The van der Waals surface area contributed by atoms with E-state index >= 15 is 0 Å². The molecule has 1 saturated heterocycles. The zero-order valence-electron chi connectivity index (χ0n) is 16.5. The maximum atomic E-state index is 12.5. The smallest absolute Gasteiger partial charge is 0.407 e. The topological polar surface area (TPSA) is 112 Å². The van der Waals surface area contributed by atoms with Crippen LogP contribution in [0.2, 0.25) is 0 Å². The normalized spacial score (nSPS) is 19.1. The van der Waals surface area contributed by atoms with Crippen LogP contribution in [0.4, 0.5) is 9.93 Å². The van der Waals surface area contributed by atoms with Gasteiger partial charge in [-0.05, 0) is 43.4 Å². The van der Waals surface area contributed by atoms with Crippen molar-refractivity contribution < 1.29 is 19.5 Å². The minimum absolute atomic E-state index is 0.0724. The Kier molecular flexibility index (Phi) is 5.98. The highest BCUT2D eigenvalue weighted by molar-refractivity contribution is 7.19. The van der Waals surface area contributed by atoms with Gasteiger partial charge in [0.15, 0.2) is 5.13 Å². The molecule has 1 unspecified atom stereocenters. The molecule has 0 spiro atoms. The van der Waals surface area contributed by atoms with Crippen molar-refractivity contribution in [3.63, 3.8) is 0 Å². The lowest BCUT2D eigenvalue weighted by molar-refractivity contribution is -0.119. The van der Waals surface area contributed by atoms with Gasteiger partial charge in [0.05, 0.1) is 4.88 Å². The summed E-state index contributed by atoms with van der Waals surface area (Å²) in [5.74, 6) is -0.433. The van der Waals surface area contributed by atoms with Gasteiger partial charge >= 0.3 is 6.09 Å². The highest BCUT2D eigenvalue weighted by Crippen LogP contribution is 2.30. The molecule has 158 valence electrons. The maximum absolute atomic E-state index is 12.5. The van der Waals surface area contributed by atoms with Crippen molar-refractivity contribution in [3.05, 3.63) is 36.0 Å². The lowest BCUT2D eigenvalue weighted by Gasteiger charge is -2.19. The highest BCUT2D eigenvalue weighted by atomic mass is 32.1. The van der Waals surface area contributed by atoms with E-state index in [1.807, 2.05) is 18.2 Å². The number of thiazole rings is 1. The summed E-state index contributed by atoms with van der Waals surface area (Å²) in [4.78, 5) is 42.5. The van der Waals surface area contributed by atoms with E-state index in [0.29, 0.717) is 30.1 Å². The quantitative estimate of drug-likeness (QED) is 0.674. The predicted octanol–water partition coefficient (Wildman–Crippen LogP) is 3.56. The van der Waals surface area contributed by atoms with Crippen LogP contribution in [0.25, 0.3) is 10.4 Å². The van der Waals surface area contributed by atoms with Gasteiger partial charge in [0.25, 0.3) is 5.91 Å². The van der Waals surface area contributed by atoms with E-state index in [1.165, 1.54) is 11.3 Å². The standard InChI is InChI=1S/C21H24N4O4S/c26-18(23-15-7-1-2-8-15)14-6-3-5-13(11-14)17-12-22-20(30-17)24-19(27)16-9-4-10-25(16)21(28)29/h3,5-6,11-12,15-16H,1-2,4,7-10H2,(H,23,26)(H,28,29)(H,22,24,27). The van der Waals surface area contributed by atoms with Crippen molar-refractivity contribution >= 4 is 34.4 Å². The van der Waals surface area contributed by atoms with Crippen LogP contribution >= 0.6 is 11.3 Å². The zero-order valence-corrected chi connectivity index (χ0v) is 17.3. The summed E-state index contributed by atoms with van der Waals surface area (Å²) < 4.78 is 0. The Balaban J connectivity index is 1.43. The Hall–Kier alpha value is -2.94. The number of hydrogen-bond acceptors (Lipinski definition) is 5. The van der Waals surface area contributed by atoms with Crippen molar-refractivity contribution in [2.75, 3.05) is 11.9 Å². The van der Waals surface area contributed by atoms with Crippen molar-refractivity contribution in [1.82, 2.24) is 15.2 Å². The summed E-state index contributed by atoms with van der Waals surface area (Å²) in [6.45, 7) is 0.367. The second kappa shape index (κ2) is 8.83. The van der Waals surface area contributed by atoms with Gasteiger partial charge in [0.2, 0.25) is 5.91 Å². The first-order chi connectivity index (χ1) is 14.5. The number of nitrogens with one attached hydrogen (secondary N) is 2. The Morgan fingerprint density at radius 3 is 2.70 bits per heavy atom. The number of benzene rings is 1. The fourth-order valence-corrected chi connectivity index (χ4v) is 4.89. The molecule has 0 radical (unpaired) electrons. The third-order valence-corrected chi connectivity index (χ3v) is 6.60. The van der Waals surface area contributed by atoms with E-state index in [-0.39, 0.29) is 17.9 Å². The van der Waals surface area contributed by atoms with Crippen molar-refractivity contribution in [1.29, 1.82) is 0 Å². The van der Waals surface area contributed by atoms with E-state index in [1.54, 1.807) is 12.3 Å². The molecule has 9 heteroatoms. The molecule has 3 N–H and O–H groups in total. The molecule has 8 nitrogen and oxygen atoms in total. The first-order valence-electron chi connectivity index (χ1n) is 10.2. The minimum Gasteiger partial charge on any atom is -0.465 e. The molecule has 1 aromatic heterocycles. The summed E-state index contributed by atoms with van der Waals surface area (Å²) in [5.41, 5.74) is 1.45. The first-order valence-corrected chi connectivity index (χ1v) is 11.0. The number of carboxylic acid groups (broad SMARTS) is 1. The molecule has 3 amide bonds. The van der Waals surface area contributed by atoms with E-state index in [2.05, 4.69) is 15.6 Å². The summed E-state index contributed by atoms with van der Waals surface area (Å²) >= 11 is 1.30. The molecule has 1 atom stereocenters. The van der Waals surface area contributed by atoms with Crippen LogP contribution in [0.1, 0.15) is 48.9 Å². The molecule has 1 aliphatic carbocycles.